The van der Waals surface area contributed by atoms with Crippen LogP contribution in [0.4, 0.5) is 0 Å². The lowest BCUT2D eigenvalue weighted by Crippen LogP contribution is -2.71. The van der Waals surface area contributed by atoms with Gasteiger partial charge in [0.1, 0.15) is 18.0 Å². The van der Waals surface area contributed by atoms with Crippen LogP contribution in [0.3, 0.4) is 0 Å². The normalized spacial score (nSPS) is 44.6. The molecule has 140 valence electrons. The minimum Gasteiger partial charge on any atom is -0.466 e. The Balaban J connectivity index is 2.14. The second kappa shape index (κ2) is 8.07. The van der Waals surface area contributed by atoms with Crippen LogP contribution in [0.15, 0.2) is 11.8 Å². The maximum Gasteiger partial charge on any atom is 0.215 e. The van der Waals surface area contributed by atoms with E-state index in [0.717, 1.165) is 0 Å². The number of likely N-dealkylation sites (N-methyl/N-ethyl adjacent to an activating group) is 1. The topological polar surface area (TPSA) is 158 Å². The molecule has 0 bridgehead atoms. The molecule has 24 heavy (non-hydrogen) atoms. The highest BCUT2D eigenvalue weighted by Crippen LogP contribution is 2.28. The molecular formula is C15H30N4O5. The zero-order valence-corrected chi connectivity index (χ0v) is 14.3. The summed E-state index contributed by atoms with van der Waals surface area (Å²) < 4.78 is 16.8. The van der Waals surface area contributed by atoms with Gasteiger partial charge in [0.25, 0.3) is 0 Å². The van der Waals surface area contributed by atoms with E-state index in [1.807, 2.05) is 6.08 Å². The number of nitrogens with one attached hydrogen (secondary N) is 1. The minimum atomic E-state index is -1.01. The van der Waals surface area contributed by atoms with Crippen molar-refractivity contribution in [1.29, 1.82) is 0 Å². The van der Waals surface area contributed by atoms with E-state index in [-0.39, 0.29) is 6.04 Å². The van der Waals surface area contributed by atoms with Crippen molar-refractivity contribution in [3.8, 4) is 0 Å². The first-order valence-corrected chi connectivity index (χ1v) is 8.16. The lowest BCUT2D eigenvalue weighted by atomic mass is 9.81. The maximum absolute atomic E-state index is 10.6. The highest BCUT2D eigenvalue weighted by atomic mass is 16.7. The Bertz CT molecular complexity index is 450. The Morgan fingerprint density at radius 2 is 1.96 bits per heavy atom. The number of nitrogens with two attached hydrogens (primary N) is 3. The van der Waals surface area contributed by atoms with E-state index in [0.29, 0.717) is 12.2 Å². The number of methoxy groups -OCH3 is 1. The summed E-state index contributed by atoms with van der Waals surface area (Å²) in [5, 5.41) is 23.9. The zero-order chi connectivity index (χ0) is 18.0. The van der Waals surface area contributed by atoms with E-state index in [4.69, 9.17) is 31.4 Å². The lowest BCUT2D eigenvalue weighted by Gasteiger charge is -2.47. The van der Waals surface area contributed by atoms with Gasteiger partial charge in [0.05, 0.1) is 36.4 Å². The van der Waals surface area contributed by atoms with E-state index in [2.05, 4.69) is 5.32 Å². The van der Waals surface area contributed by atoms with Crippen molar-refractivity contribution in [2.45, 2.75) is 68.2 Å². The van der Waals surface area contributed by atoms with Crippen molar-refractivity contribution in [2.75, 3.05) is 14.2 Å². The van der Waals surface area contributed by atoms with E-state index in [9.17, 15) is 10.2 Å². The van der Waals surface area contributed by atoms with Crippen LogP contribution in [0.2, 0.25) is 0 Å². The molecule has 9 N–H and O–H groups in total. The van der Waals surface area contributed by atoms with Crippen LogP contribution in [0.25, 0.3) is 0 Å². The molecule has 9 unspecified atom stereocenters. The maximum atomic E-state index is 10.6. The van der Waals surface area contributed by atoms with Crippen molar-refractivity contribution in [3.63, 3.8) is 0 Å². The molecule has 1 heterocycles. The fourth-order valence-corrected chi connectivity index (χ4v) is 3.25. The summed E-state index contributed by atoms with van der Waals surface area (Å²) >= 11 is 0. The minimum absolute atomic E-state index is 0.290. The first-order chi connectivity index (χ1) is 11.3. The van der Waals surface area contributed by atoms with Crippen molar-refractivity contribution in [3.05, 3.63) is 11.8 Å². The Hall–Kier alpha value is -0.780. The van der Waals surface area contributed by atoms with Crippen LogP contribution in [0.1, 0.15) is 13.3 Å². The Labute approximate surface area is 142 Å². The fraction of sp³-hybridized carbons (Fsp3) is 0.867. The zero-order valence-electron chi connectivity index (χ0n) is 14.3. The van der Waals surface area contributed by atoms with Gasteiger partial charge in [0.15, 0.2) is 0 Å². The predicted octanol–water partition coefficient (Wildman–Crippen LogP) is -2.66. The largest absolute Gasteiger partial charge is 0.466 e. The monoisotopic (exact) mass is 346 g/mol. The molecule has 2 aliphatic rings. The molecule has 1 saturated carbocycles. The van der Waals surface area contributed by atoms with E-state index < -0.39 is 48.8 Å². The highest BCUT2D eigenvalue weighted by Gasteiger charge is 2.50. The van der Waals surface area contributed by atoms with E-state index in [1.54, 1.807) is 14.0 Å². The molecule has 1 aliphatic carbocycles. The summed E-state index contributed by atoms with van der Waals surface area (Å²) in [5.74, 6) is 0.584. The number of rotatable bonds is 5. The SMILES string of the molecule is CNC1C(O)C(OC2OC(C(C)N)=CCC2N)C(N)C(O)C1OC. The van der Waals surface area contributed by atoms with Crippen LogP contribution < -0.4 is 22.5 Å². The number of ether oxygens (including phenoxy) is 3. The van der Waals surface area contributed by atoms with Gasteiger partial charge in [-0.1, -0.05) is 0 Å². The smallest absolute Gasteiger partial charge is 0.215 e. The quantitative estimate of drug-likeness (QED) is 0.312. The molecule has 9 heteroatoms. The van der Waals surface area contributed by atoms with Gasteiger partial charge >= 0.3 is 0 Å². The third-order valence-corrected chi connectivity index (χ3v) is 4.71. The van der Waals surface area contributed by atoms with Crippen LogP contribution >= 0.6 is 0 Å². The molecule has 2 rings (SSSR count). The molecule has 0 saturated heterocycles. The van der Waals surface area contributed by atoms with Gasteiger partial charge in [-0.3, -0.25) is 0 Å². The second-order valence-corrected chi connectivity index (χ2v) is 6.45. The first-order valence-electron chi connectivity index (χ1n) is 8.16. The fourth-order valence-electron chi connectivity index (χ4n) is 3.25. The van der Waals surface area contributed by atoms with Gasteiger partial charge in [-0.15, -0.1) is 0 Å². The average Bonchev–Trinajstić information content (AvgIpc) is 2.55. The van der Waals surface area contributed by atoms with Gasteiger partial charge in [-0.05, 0) is 26.5 Å². The first kappa shape index (κ1) is 19.5. The second-order valence-electron chi connectivity index (χ2n) is 6.45. The molecule has 1 fully saturated rings. The van der Waals surface area contributed by atoms with Gasteiger partial charge in [-0.2, -0.15) is 0 Å². The molecule has 0 aromatic carbocycles. The summed E-state index contributed by atoms with van der Waals surface area (Å²) in [6.45, 7) is 1.80. The van der Waals surface area contributed by atoms with Crippen molar-refractivity contribution < 1.29 is 24.4 Å². The molecule has 0 radical (unpaired) electrons. The highest BCUT2D eigenvalue weighted by molar-refractivity contribution is 5.08. The number of aliphatic hydroxyl groups is 2. The van der Waals surface area contributed by atoms with Crippen LogP contribution in [0.5, 0.6) is 0 Å². The molecule has 0 aromatic rings. The lowest BCUT2D eigenvalue weighted by molar-refractivity contribution is -0.231. The molecular weight excluding hydrogens is 316 g/mol. The summed E-state index contributed by atoms with van der Waals surface area (Å²) in [6, 6.07) is -2.10. The Morgan fingerprint density at radius 3 is 2.50 bits per heavy atom. The van der Waals surface area contributed by atoms with E-state index in [1.165, 1.54) is 7.11 Å². The molecule has 9 atom stereocenters. The number of hydrogen-bond acceptors (Lipinski definition) is 9. The van der Waals surface area contributed by atoms with Gasteiger partial charge in [-0.25, -0.2) is 0 Å². The molecule has 1 aliphatic heterocycles. The molecule has 0 amide bonds. The summed E-state index contributed by atoms with van der Waals surface area (Å²) in [7, 11) is 3.12. The summed E-state index contributed by atoms with van der Waals surface area (Å²) in [5.41, 5.74) is 18.0. The van der Waals surface area contributed by atoms with E-state index >= 15 is 0 Å². The molecule has 0 aromatic heterocycles. The third-order valence-electron chi connectivity index (χ3n) is 4.71. The average molecular weight is 346 g/mol. The van der Waals surface area contributed by atoms with Crippen LogP contribution in [-0.2, 0) is 14.2 Å². The standard InChI is InChI=1S/C15H30N4O5/c1-6(16)8-5-4-7(17)15(23-8)24-13-9(18)11(20)14(22-3)10(19-2)12(13)21/h5-7,9-15,19-21H,4,16-18H2,1-3H3. The summed E-state index contributed by atoms with van der Waals surface area (Å²) in [6.07, 6.45) is -1.96. The molecule has 9 nitrogen and oxygen atoms in total. The molecule has 0 spiro atoms. The Kier molecular flexibility index (Phi) is 6.57. The third kappa shape index (κ3) is 3.73. The van der Waals surface area contributed by atoms with Gasteiger partial charge < -0.3 is 46.9 Å². The summed E-state index contributed by atoms with van der Waals surface area (Å²) in [4.78, 5) is 0. The van der Waals surface area contributed by atoms with Crippen molar-refractivity contribution in [1.82, 2.24) is 5.32 Å². The van der Waals surface area contributed by atoms with Gasteiger partial charge in [0, 0.05) is 7.11 Å². The number of aliphatic hydroxyl groups excluding tert-OH is 2. The predicted molar refractivity (Wildman–Crippen MR) is 87.7 cm³/mol. The Morgan fingerprint density at radius 1 is 1.29 bits per heavy atom. The number of hydrogen-bond donors (Lipinski definition) is 6. The van der Waals surface area contributed by atoms with Crippen LogP contribution in [0, 0.1) is 0 Å². The van der Waals surface area contributed by atoms with Gasteiger partial charge in [0.2, 0.25) is 6.29 Å². The van der Waals surface area contributed by atoms with Crippen LogP contribution in [-0.4, -0.2) is 79.2 Å². The van der Waals surface area contributed by atoms with Crippen molar-refractivity contribution in [2.24, 2.45) is 17.2 Å². The van der Waals surface area contributed by atoms with Crippen molar-refractivity contribution >= 4 is 0 Å².